The Morgan fingerprint density at radius 2 is 1.67 bits per heavy atom. The average molecular weight is 499 g/mol. The summed E-state index contributed by atoms with van der Waals surface area (Å²) in [7, 11) is 0. The first kappa shape index (κ1) is 28.1. The maximum atomic E-state index is 11.6. The zero-order valence-corrected chi connectivity index (χ0v) is 23.8. The Morgan fingerprint density at radius 1 is 1.00 bits per heavy atom. The molecule has 4 aliphatic rings. The standard InChI is InChI=1S/C33H54O3/c1-8-16-33(36,17-9-2)18-10-11-22(3)23-12-13-24-29-25(14-19-31(23,24)6)32(7)20-15-28(35)30(4,5)27(32)21-26(29)34/h8-9,21-26,28-29,34-36H,1-2,10-20H2,3-7H3/t22-,23-,24?,25?,26+,28+,29?,31-,32-/m1/s1. The molecule has 0 aromatic carbocycles. The van der Waals surface area contributed by atoms with Crippen LogP contribution < -0.4 is 0 Å². The first-order valence-electron chi connectivity index (χ1n) is 14.9. The fraction of sp³-hybridized carbons (Fsp3) is 0.818. The third kappa shape index (κ3) is 4.50. The Labute approximate surface area is 221 Å². The van der Waals surface area contributed by atoms with Gasteiger partial charge in [0.05, 0.1) is 17.8 Å². The van der Waals surface area contributed by atoms with E-state index < -0.39 is 11.7 Å². The van der Waals surface area contributed by atoms with Gasteiger partial charge >= 0.3 is 0 Å². The predicted octanol–water partition coefficient (Wildman–Crippen LogP) is 7.22. The predicted molar refractivity (Wildman–Crippen MR) is 149 cm³/mol. The van der Waals surface area contributed by atoms with Gasteiger partial charge in [-0.15, -0.1) is 13.2 Å². The summed E-state index contributed by atoms with van der Waals surface area (Å²) in [5, 5.41) is 33.4. The molecule has 3 saturated carbocycles. The van der Waals surface area contributed by atoms with Gasteiger partial charge in [-0.05, 0) is 98.2 Å². The lowest BCUT2D eigenvalue weighted by Gasteiger charge is -2.62. The fourth-order valence-corrected chi connectivity index (χ4v) is 10.1. The van der Waals surface area contributed by atoms with Crippen molar-refractivity contribution in [3.63, 3.8) is 0 Å². The lowest BCUT2D eigenvalue weighted by molar-refractivity contribution is -0.111. The van der Waals surface area contributed by atoms with Crippen LogP contribution in [-0.4, -0.2) is 33.1 Å². The van der Waals surface area contributed by atoms with Crippen LogP contribution in [0, 0.1) is 45.8 Å². The molecule has 0 spiro atoms. The van der Waals surface area contributed by atoms with Crippen LogP contribution in [0.25, 0.3) is 0 Å². The molecule has 0 amide bonds. The van der Waals surface area contributed by atoms with Crippen molar-refractivity contribution in [2.75, 3.05) is 0 Å². The van der Waals surface area contributed by atoms with Gasteiger partial charge in [-0.2, -0.15) is 0 Å². The number of hydrogen-bond acceptors (Lipinski definition) is 3. The molecule has 3 heteroatoms. The molecule has 4 aliphatic carbocycles. The van der Waals surface area contributed by atoms with Gasteiger partial charge < -0.3 is 15.3 Å². The first-order valence-corrected chi connectivity index (χ1v) is 14.9. The molecule has 0 aliphatic heterocycles. The molecule has 9 atom stereocenters. The molecule has 3 nitrogen and oxygen atoms in total. The van der Waals surface area contributed by atoms with Gasteiger partial charge in [0.2, 0.25) is 0 Å². The Morgan fingerprint density at radius 3 is 2.31 bits per heavy atom. The third-order valence-electron chi connectivity index (χ3n) is 12.1. The lowest BCUT2D eigenvalue weighted by Crippen LogP contribution is -2.58. The second kappa shape index (κ2) is 10.0. The third-order valence-corrected chi connectivity index (χ3v) is 12.1. The molecule has 4 rings (SSSR count). The molecule has 0 saturated heterocycles. The summed E-state index contributed by atoms with van der Waals surface area (Å²) in [6, 6.07) is 0. The van der Waals surface area contributed by atoms with Crippen LogP contribution in [0.4, 0.5) is 0 Å². The van der Waals surface area contributed by atoms with E-state index in [1.165, 1.54) is 31.3 Å². The Balaban J connectivity index is 1.49. The summed E-state index contributed by atoms with van der Waals surface area (Å²) in [6.45, 7) is 19.5. The van der Waals surface area contributed by atoms with E-state index in [9.17, 15) is 15.3 Å². The van der Waals surface area contributed by atoms with E-state index in [1.54, 1.807) is 0 Å². The first-order chi connectivity index (χ1) is 16.8. The minimum atomic E-state index is -0.698. The van der Waals surface area contributed by atoms with Crippen LogP contribution in [0.1, 0.15) is 105 Å². The number of rotatable bonds is 9. The van der Waals surface area contributed by atoms with Crippen molar-refractivity contribution in [2.24, 2.45) is 45.8 Å². The summed E-state index contributed by atoms with van der Waals surface area (Å²) in [6.07, 6.45) is 16.2. The number of hydrogen-bond donors (Lipinski definition) is 3. The van der Waals surface area contributed by atoms with E-state index in [4.69, 9.17) is 0 Å². The monoisotopic (exact) mass is 498 g/mol. The maximum absolute atomic E-state index is 11.6. The average Bonchev–Trinajstić information content (AvgIpc) is 3.16. The van der Waals surface area contributed by atoms with Gasteiger partial charge in [0.25, 0.3) is 0 Å². The molecule has 0 aromatic heterocycles. The molecule has 3 N–H and O–H groups in total. The molecule has 3 unspecified atom stereocenters. The van der Waals surface area contributed by atoms with Crippen LogP contribution in [-0.2, 0) is 0 Å². The fourth-order valence-electron chi connectivity index (χ4n) is 10.1. The number of aliphatic hydroxyl groups excluding tert-OH is 2. The molecule has 204 valence electrons. The quantitative estimate of drug-likeness (QED) is 0.294. The van der Waals surface area contributed by atoms with Gasteiger partial charge in [0.1, 0.15) is 0 Å². The van der Waals surface area contributed by atoms with Crippen LogP contribution in [0.15, 0.2) is 37.0 Å². The van der Waals surface area contributed by atoms with Crippen molar-refractivity contribution in [1.82, 2.24) is 0 Å². The van der Waals surface area contributed by atoms with E-state index in [0.29, 0.717) is 42.4 Å². The van der Waals surface area contributed by atoms with E-state index in [2.05, 4.69) is 53.9 Å². The van der Waals surface area contributed by atoms with E-state index in [0.717, 1.165) is 32.1 Å². The molecule has 0 heterocycles. The summed E-state index contributed by atoms with van der Waals surface area (Å²) in [5.74, 6) is 2.73. The highest BCUT2D eigenvalue weighted by atomic mass is 16.3. The minimum Gasteiger partial charge on any atom is -0.392 e. The smallest absolute Gasteiger partial charge is 0.0757 e. The largest absolute Gasteiger partial charge is 0.392 e. The second-order valence-electron chi connectivity index (χ2n) is 14.4. The van der Waals surface area contributed by atoms with Gasteiger partial charge in [0.15, 0.2) is 0 Å². The van der Waals surface area contributed by atoms with Gasteiger partial charge in [-0.25, -0.2) is 0 Å². The maximum Gasteiger partial charge on any atom is 0.0757 e. The SMILES string of the molecule is C=CCC(O)(CC=C)CCC[C@@H](C)[C@H]1CCC2C3C(CC[C@@]21C)[C@@]1(C)CC[C@H](O)C(C)(C)C1=C[C@@H]3O. The number of aliphatic hydroxyl groups is 3. The highest BCUT2D eigenvalue weighted by Gasteiger charge is 2.63. The Kier molecular flexibility index (Phi) is 7.82. The zero-order chi connectivity index (χ0) is 26.5. The summed E-state index contributed by atoms with van der Waals surface area (Å²) < 4.78 is 0. The van der Waals surface area contributed by atoms with E-state index in [1.807, 2.05) is 12.2 Å². The molecular weight excluding hydrogens is 444 g/mol. The van der Waals surface area contributed by atoms with Crippen molar-refractivity contribution < 1.29 is 15.3 Å². The molecule has 36 heavy (non-hydrogen) atoms. The van der Waals surface area contributed by atoms with Crippen molar-refractivity contribution in [3.8, 4) is 0 Å². The minimum absolute atomic E-state index is 0.0957. The van der Waals surface area contributed by atoms with Crippen molar-refractivity contribution in [3.05, 3.63) is 37.0 Å². The Bertz CT molecular complexity index is 847. The van der Waals surface area contributed by atoms with Crippen LogP contribution >= 0.6 is 0 Å². The van der Waals surface area contributed by atoms with Gasteiger partial charge in [-0.1, -0.05) is 71.3 Å². The van der Waals surface area contributed by atoms with Crippen molar-refractivity contribution in [1.29, 1.82) is 0 Å². The zero-order valence-electron chi connectivity index (χ0n) is 23.8. The van der Waals surface area contributed by atoms with Crippen LogP contribution in [0.5, 0.6) is 0 Å². The van der Waals surface area contributed by atoms with Crippen molar-refractivity contribution in [2.45, 2.75) is 123 Å². The summed E-state index contributed by atoms with van der Waals surface area (Å²) in [4.78, 5) is 0. The molecule has 3 fully saturated rings. The van der Waals surface area contributed by atoms with Crippen molar-refractivity contribution >= 4 is 0 Å². The molecular formula is C33H54O3. The van der Waals surface area contributed by atoms with Gasteiger partial charge in [0, 0.05) is 5.41 Å². The summed E-state index contributed by atoms with van der Waals surface area (Å²) in [5.41, 5.74) is 0.742. The normalized spacial score (nSPS) is 42.5. The topological polar surface area (TPSA) is 60.7 Å². The van der Waals surface area contributed by atoms with E-state index in [-0.39, 0.29) is 22.3 Å². The van der Waals surface area contributed by atoms with Crippen LogP contribution in [0.2, 0.25) is 0 Å². The van der Waals surface area contributed by atoms with Gasteiger partial charge in [-0.3, -0.25) is 0 Å². The lowest BCUT2D eigenvalue weighted by atomic mass is 9.43. The second-order valence-corrected chi connectivity index (χ2v) is 14.4. The Hall–Kier alpha value is -0.900. The highest BCUT2D eigenvalue weighted by Crippen LogP contribution is 2.69. The molecule has 0 radical (unpaired) electrons. The van der Waals surface area contributed by atoms with Crippen LogP contribution in [0.3, 0.4) is 0 Å². The molecule has 0 bridgehead atoms. The summed E-state index contributed by atoms with van der Waals surface area (Å²) >= 11 is 0. The number of fused-ring (bicyclic) bond motifs is 5. The highest BCUT2D eigenvalue weighted by molar-refractivity contribution is 5.33. The molecule has 0 aromatic rings. The van der Waals surface area contributed by atoms with E-state index >= 15 is 0 Å².